The highest BCUT2D eigenvalue weighted by molar-refractivity contribution is 9.09. The van der Waals surface area contributed by atoms with E-state index < -0.39 is 5.41 Å². The molecule has 30 heavy (non-hydrogen) atoms. The van der Waals surface area contributed by atoms with Crippen molar-refractivity contribution in [3.05, 3.63) is 69.1 Å². The minimum Gasteiger partial charge on any atom is -0.352 e. The Morgan fingerprint density at radius 1 is 1.23 bits per heavy atom. The molecule has 1 atom stereocenters. The van der Waals surface area contributed by atoms with Crippen molar-refractivity contribution in [3.8, 4) is 17.1 Å². The first kappa shape index (κ1) is 22.3. The molecule has 1 amide bonds. The standard InChI is InChI=1S/C22H24BrClN4O2/c1-13(23)15-6-8-16(9-7-15)19-26-21(30)28(27-19)18-11-14(5-10-17(18)24)12-25-20(29)22(2,3)4/h5-11,13H,12H2,1-4H3,(H,25,29)(H,26,27,30). The van der Waals surface area contributed by atoms with Gasteiger partial charge >= 0.3 is 5.69 Å². The van der Waals surface area contributed by atoms with Gasteiger partial charge in [0.1, 0.15) is 0 Å². The van der Waals surface area contributed by atoms with E-state index in [2.05, 4.69) is 31.3 Å². The lowest BCUT2D eigenvalue weighted by atomic mass is 9.95. The van der Waals surface area contributed by atoms with Crippen molar-refractivity contribution in [2.45, 2.75) is 39.1 Å². The molecule has 8 heteroatoms. The van der Waals surface area contributed by atoms with Crippen molar-refractivity contribution in [2.75, 3.05) is 0 Å². The molecule has 1 aromatic heterocycles. The fourth-order valence-electron chi connectivity index (χ4n) is 2.80. The van der Waals surface area contributed by atoms with Gasteiger partial charge in [-0.05, 0) is 30.2 Å². The van der Waals surface area contributed by atoms with Crippen molar-refractivity contribution >= 4 is 33.4 Å². The Morgan fingerprint density at radius 3 is 2.50 bits per heavy atom. The Labute approximate surface area is 188 Å². The molecule has 0 bridgehead atoms. The van der Waals surface area contributed by atoms with E-state index in [1.807, 2.05) is 58.0 Å². The SMILES string of the molecule is CC(Br)c1ccc(-c2nn(-c3cc(CNC(=O)C(C)(C)C)ccc3Cl)c(=O)[nH]2)cc1. The molecule has 0 saturated carbocycles. The van der Waals surface area contributed by atoms with Crippen LogP contribution in [0.2, 0.25) is 5.02 Å². The molecule has 1 unspecified atom stereocenters. The maximum atomic E-state index is 12.6. The van der Waals surface area contributed by atoms with E-state index in [1.165, 1.54) is 4.68 Å². The predicted octanol–water partition coefficient (Wildman–Crippen LogP) is 5.00. The van der Waals surface area contributed by atoms with Gasteiger partial charge in [0, 0.05) is 22.4 Å². The van der Waals surface area contributed by atoms with Crippen LogP contribution in [-0.2, 0) is 11.3 Å². The fraction of sp³-hybridized carbons (Fsp3) is 0.318. The van der Waals surface area contributed by atoms with Crippen LogP contribution >= 0.6 is 27.5 Å². The Morgan fingerprint density at radius 2 is 1.90 bits per heavy atom. The van der Waals surface area contributed by atoms with Crippen molar-refractivity contribution in [1.82, 2.24) is 20.1 Å². The van der Waals surface area contributed by atoms with Gasteiger partial charge in [-0.3, -0.25) is 9.78 Å². The lowest BCUT2D eigenvalue weighted by molar-refractivity contribution is -0.128. The highest BCUT2D eigenvalue weighted by Crippen LogP contribution is 2.25. The van der Waals surface area contributed by atoms with Crippen molar-refractivity contribution in [3.63, 3.8) is 0 Å². The number of benzene rings is 2. The summed E-state index contributed by atoms with van der Waals surface area (Å²) < 4.78 is 1.24. The summed E-state index contributed by atoms with van der Waals surface area (Å²) in [4.78, 5) is 27.7. The smallest absolute Gasteiger partial charge is 0.348 e. The molecule has 2 aromatic carbocycles. The average Bonchev–Trinajstić information content (AvgIpc) is 3.07. The lowest BCUT2D eigenvalue weighted by Crippen LogP contribution is -2.34. The van der Waals surface area contributed by atoms with Gasteiger partial charge in [0.2, 0.25) is 5.91 Å². The first-order valence-electron chi connectivity index (χ1n) is 9.57. The number of halogens is 2. The van der Waals surface area contributed by atoms with Crippen LogP contribution in [0.25, 0.3) is 17.1 Å². The summed E-state index contributed by atoms with van der Waals surface area (Å²) >= 11 is 9.88. The molecule has 0 aliphatic rings. The first-order chi connectivity index (χ1) is 14.1. The average molecular weight is 492 g/mol. The molecule has 0 fully saturated rings. The Bertz CT molecular complexity index is 1110. The number of hydrogen-bond donors (Lipinski definition) is 2. The quantitative estimate of drug-likeness (QED) is 0.493. The molecule has 6 nitrogen and oxygen atoms in total. The molecule has 158 valence electrons. The van der Waals surface area contributed by atoms with E-state index in [9.17, 15) is 9.59 Å². The highest BCUT2D eigenvalue weighted by Gasteiger charge is 2.21. The molecule has 0 spiro atoms. The van der Waals surface area contributed by atoms with Gasteiger partial charge in [-0.1, -0.05) is 78.6 Å². The fourth-order valence-corrected chi connectivity index (χ4v) is 3.30. The maximum absolute atomic E-state index is 12.6. The monoisotopic (exact) mass is 490 g/mol. The van der Waals surface area contributed by atoms with Crippen LogP contribution in [0.4, 0.5) is 0 Å². The third-order valence-electron chi connectivity index (χ3n) is 4.63. The Hall–Kier alpha value is -2.38. The van der Waals surface area contributed by atoms with Gasteiger partial charge in [-0.25, -0.2) is 4.79 Å². The number of alkyl halides is 1. The molecule has 0 radical (unpaired) electrons. The van der Waals surface area contributed by atoms with Crippen LogP contribution in [0.3, 0.4) is 0 Å². The Kier molecular flexibility index (Phi) is 6.53. The Balaban J connectivity index is 1.89. The lowest BCUT2D eigenvalue weighted by Gasteiger charge is -2.17. The van der Waals surface area contributed by atoms with E-state index in [1.54, 1.807) is 12.1 Å². The molecule has 0 aliphatic carbocycles. The number of hydrogen-bond acceptors (Lipinski definition) is 3. The van der Waals surface area contributed by atoms with E-state index in [0.717, 1.165) is 16.7 Å². The number of amides is 1. The number of rotatable bonds is 5. The molecule has 0 saturated heterocycles. The summed E-state index contributed by atoms with van der Waals surface area (Å²) in [7, 11) is 0. The summed E-state index contributed by atoms with van der Waals surface area (Å²) in [5, 5.41) is 7.71. The zero-order chi connectivity index (χ0) is 22.1. The predicted molar refractivity (Wildman–Crippen MR) is 123 cm³/mol. The largest absolute Gasteiger partial charge is 0.352 e. The van der Waals surface area contributed by atoms with E-state index in [0.29, 0.717) is 23.1 Å². The molecule has 0 aliphatic heterocycles. The second kappa shape index (κ2) is 8.78. The molecule has 3 aromatic rings. The number of carbonyl (C=O) groups excluding carboxylic acids is 1. The number of nitrogens with one attached hydrogen (secondary N) is 2. The van der Waals surface area contributed by atoms with Crippen LogP contribution in [0.5, 0.6) is 0 Å². The summed E-state index contributed by atoms with van der Waals surface area (Å²) in [5.74, 6) is 0.399. The maximum Gasteiger partial charge on any atom is 0.348 e. The van der Waals surface area contributed by atoms with E-state index in [4.69, 9.17) is 11.6 Å². The summed E-state index contributed by atoms with van der Waals surface area (Å²) in [5.41, 5.74) is 2.34. The van der Waals surface area contributed by atoms with E-state index in [-0.39, 0.29) is 16.4 Å². The van der Waals surface area contributed by atoms with Gasteiger partial charge in [-0.15, -0.1) is 5.10 Å². The van der Waals surface area contributed by atoms with Crippen LogP contribution in [-0.4, -0.2) is 20.7 Å². The highest BCUT2D eigenvalue weighted by atomic mass is 79.9. The minimum atomic E-state index is -0.481. The van der Waals surface area contributed by atoms with Gasteiger partial charge in [0.05, 0.1) is 10.7 Å². The van der Waals surface area contributed by atoms with Crippen LogP contribution < -0.4 is 11.0 Å². The zero-order valence-electron chi connectivity index (χ0n) is 17.3. The number of aromatic amines is 1. The molecular weight excluding hydrogens is 468 g/mol. The number of H-pyrrole nitrogens is 1. The number of carbonyl (C=O) groups is 1. The minimum absolute atomic E-state index is 0.0560. The molecular formula is C22H24BrClN4O2. The molecule has 2 N–H and O–H groups in total. The second-order valence-electron chi connectivity index (χ2n) is 8.15. The second-order valence-corrected chi connectivity index (χ2v) is 9.93. The normalized spacial score (nSPS) is 12.6. The topological polar surface area (TPSA) is 79.8 Å². The zero-order valence-corrected chi connectivity index (χ0v) is 19.6. The first-order valence-corrected chi connectivity index (χ1v) is 10.9. The van der Waals surface area contributed by atoms with Gasteiger partial charge in [-0.2, -0.15) is 4.68 Å². The third kappa shape index (κ3) is 5.02. The van der Waals surface area contributed by atoms with Crippen LogP contribution in [0.15, 0.2) is 47.3 Å². The summed E-state index contributed by atoms with van der Waals surface area (Å²) in [6, 6.07) is 13.1. The van der Waals surface area contributed by atoms with Gasteiger partial charge < -0.3 is 5.32 Å². The molecule has 1 heterocycles. The van der Waals surface area contributed by atoms with Crippen molar-refractivity contribution in [2.24, 2.45) is 5.41 Å². The van der Waals surface area contributed by atoms with Gasteiger partial charge in [0.15, 0.2) is 5.82 Å². The van der Waals surface area contributed by atoms with Crippen LogP contribution in [0, 0.1) is 5.41 Å². The van der Waals surface area contributed by atoms with Crippen molar-refractivity contribution < 1.29 is 4.79 Å². The van der Waals surface area contributed by atoms with Crippen molar-refractivity contribution in [1.29, 1.82) is 0 Å². The number of nitrogens with zero attached hydrogens (tertiary/aromatic N) is 2. The third-order valence-corrected chi connectivity index (χ3v) is 5.48. The van der Waals surface area contributed by atoms with Gasteiger partial charge in [0.25, 0.3) is 0 Å². The summed E-state index contributed by atoms with van der Waals surface area (Å²) in [6.45, 7) is 7.94. The summed E-state index contributed by atoms with van der Waals surface area (Å²) in [6.07, 6.45) is 0. The molecule has 3 rings (SSSR count). The van der Waals surface area contributed by atoms with E-state index >= 15 is 0 Å². The van der Waals surface area contributed by atoms with Crippen LogP contribution in [0.1, 0.15) is 43.6 Å². The number of aromatic nitrogens is 3.